The van der Waals surface area contributed by atoms with Gasteiger partial charge in [0.2, 0.25) is 0 Å². The van der Waals surface area contributed by atoms with Crippen molar-refractivity contribution in [1.82, 2.24) is 19.7 Å². The number of nitrogens with zero attached hydrogens (tertiary/aromatic N) is 4. The number of nitrogens with one attached hydrogen (secondary N) is 2. The van der Waals surface area contributed by atoms with Gasteiger partial charge in [-0.25, -0.2) is 19.4 Å². The van der Waals surface area contributed by atoms with Crippen LogP contribution in [0.25, 0.3) is 5.69 Å². The van der Waals surface area contributed by atoms with Gasteiger partial charge >= 0.3 is 6.03 Å². The Bertz CT molecular complexity index is 810. The molecule has 0 unspecified atom stereocenters. The highest BCUT2D eigenvalue weighted by Gasteiger charge is 2.12. The van der Waals surface area contributed by atoms with E-state index in [-0.39, 0.29) is 6.03 Å². The fourth-order valence-corrected chi connectivity index (χ4v) is 2.07. The molecular formula is C16H16N6O. The third kappa shape index (κ3) is 3.34. The monoisotopic (exact) mass is 308 g/mol. The van der Waals surface area contributed by atoms with Crippen LogP contribution in [0.2, 0.25) is 0 Å². The molecule has 0 bridgehead atoms. The lowest BCUT2D eigenvalue weighted by atomic mass is 10.3. The van der Waals surface area contributed by atoms with E-state index >= 15 is 0 Å². The summed E-state index contributed by atoms with van der Waals surface area (Å²) in [5, 5.41) is 9.82. The minimum atomic E-state index is -0.377. The second-order valence-electron chi connectivity index (χ2n) is 5.02. The van der Waals surface area contributed by atoms with Crippen molar-refractivity contribution in [2.24, 2.45) is 0 Å². The number of para-hydroxylation sites is 1. The molecule has 0 saturated heterocycles. The summed E-state index contributed by atoms with van der Waals surface area (Å²) >= 11 is 0. The van der Waals surface area contributed by atoms with Gasteiger partial charge < -0.3 is 5.32 Å². The number of hydrogen-bond donors (Lipinski definition) is 2. The van der Waals surface area contributed by atoms with E-state index in [4.69, 9.17) is 0 Å². The van der Waals surface area contributed by atoms with Crippen LogP contribution >= 0.6 is 0 Å². The zero-order valence-corrected chi connectivity index (χ0v) is 12.8. The molecule has 2 amide bonds. The Hall–Kier alpha value is -3.22. The van der Waals surface area contributed by atoms with Gasteiger partial charge in [0.15, 0.2) is 0 Å². The van der Waals surface area contributed by atoms with Gasteiger partial charge in [0.1, 0.15) is 11.6 Å². The average Bonchev–Trinajstić information content (AvgIpc) is 2.91. The van der Waals surface area contributed by atoms with Crippen LogP contribution in [-0.4, -0.2) is 25.8 Å². The van der Waals surface area contributed by atoms with Crippen LogP contribution in [0.3, 0.4) is 0 Å². The van der Waals surface area contributed by atoms with E-state index in [9.17, 15) is 4.79 Å². The largest absolute Gasteiger partial charge is 0.324 e. The Balaban J connectivity index is 1.79. The Labute approximate surface area is 133 Å². The van der Waals surface area contributed by atoms with E-state index in [1.807, 2.05) is 37.3 Å². The Kier molecular flexibility index (Phi) is 4.01. The first kappa shape index (κ1) is 14.7. The topological polar surface area (TPSA) is 84.7 Å². The fourth-order valence-electron chi connectivity index (χ4n) is 2.07. The minimum absolute atomic E-state index is 0.377. The first-order valence-electron chi connectivity index (χ1n) is 7.10. The number of benzene rings is 1. The van der Waals surface area contributed by atoms with Gasteiger partial charge in [-0.1, -0.05) is 18.2 Å². The lowest BCUT2D eigenvalue weighted by Gasteiger charge is -2.11. The number of rotatable bonds is 3. The maximum absolute atomic E-state index is 12.2. The van der Waals surface area contributed by atoms with Crippen LogP contribution in [0, 0.1) is 13.8 Å². The quantitative estimate of drug-likeness (QED) is 0.779. The van der Waals surface area contributed by atoms with Crippen molar-refractivity contribution in [1.29, 1.82) is 0 Å². The molecule has 7 nitrogen and oxygen atoms in total. The highest BCUT2D eigenvalue weighted by Crippen LogP contribution is 2.19. The Morgan fingerprint density at radius 2 is 1.70 bits per heavy atom. The molecule has 2 aromatic heterocycles. The summed E-state index contributed by atoms with van der Waals surface area (Å²) in [5.74, 6) is 1.26. The minimum Gasteiger partial charge on any atom is -0.305 e. The molecule has 2 heterocycles. The number of carbonyl (C=O) groups excluding carboxylic acids is 1. The molecule has 3 aromatic rings. The van der Waals surface area contributed by atoms with Crippen LogP contribution in [0.5, 0.6) is 0 Å². The molecule has 116 valence electrons. The first-order valence-corrected chi connectivity index (χ1v) is 7.10. The summed E-state index contributed by atoms with van der Waals surface area (Å²) in [7, 11) is 0. The van der Waals surface area contributed by atoms with E-state index in [1.165, 1.54) is 0 Å². The van der Waals surface area contributed by atoms with Crippen LogP contribution < -0.4 is 10.6 Å². The molecule has 0 saturated carbocycles. The number of hydrogen-bond acceptors (Lipinski definition) is 4. The van der Waals surface area contributed by atoms with Gasteiger partial charge in [-0.2, -0.15) is 5.10 Å². The van der Waals surface area contributed by atoms with Crippen molar-refractivity contribution < 1.29 is 4.79 Å². The van der Waals surface area contributed by atoms with Gasteiger partial charge in [-0.05, 0) is 26.0 Å². The zero-order chi connectivity index (χ0) is 16.2. The summed E-state index contributed by atoms with van der Waals surface area (Å²) in [4.78, 5) is 20.3. The highest BCUT2D eigenvalue weighted by atomic mass is 16.2. The lowest BCUT2D eigenvalue weighted by Crippen LogP contribution is -2.22. The van der Waals surface area contributed by atoms with Crippen LogP contribution in [-0.2, 0) is 0 Å². The summed E-state index contributed by atoms with van der Waals surface area (Å²) in [6.45, 7) is 3.67. The summed E-state index contributed by atoms with van der Waals surface area (Å²) in [5.41, 5.74) is 2.26. The number of anilines is 2. The van der Waals surface area contributed by atoms with Gasteiger partial charge in [-0.3, -0.25) is 5.32 Å². The summed E-state index contributed by atoms with van der Waals surface area (Å²) < 4.78 is 1.68. The molecule has 3 rings (SSSR count). The molecule has 23 heavy (non-hydrogen) atoms. The number of urea groups is 1. The second kappa shape index (κ2) is 6.27. The van der Waals surface area contributed by atoms with Crippen LogP contribution in [0.4, 0.5) is 16.3 Å². The lowest BCUT2D eigenvalue weighted by molar-refractivity contribution is 0.262. The molecule has 7 heteroatoms. The van der Waals surface area contributed by atoms with Crippen molar-refractivity contribution in [2.45, 2.75) is 13.8 Å². The van der Waals surface area contributed by atoms with Crippen LogP contribution in [0.15, 0.2) is 48.9 Å². The Morgan fingerprint density at radius 3 is 2.39 bits per heavy atom. The standard InChI is InChI=1S/C16H16N6O/c1-11-8-19-22(14-6-4-3-5-7-14)15(11)21-16(23)20-13-9-17-12(2)18-10-13/h3-10H,1-2H3,(H2,20,21,23). The predicted molar refractivity (Wildman–Crippen MR) is 87.7 cm³/mol. The molecule has 0 radical (unpaired) electrons. The molecule has 0 aliphatic rings. The SMILES string of the molecule is Cc1ncc(NC(=O)Nc2c(C)cnn2-c2ccccc2)cn1. The van der Waals surface area contributed by atoms with Gasteiger partial charge in [0.05, 0.1) is 30.0 Å². The summed E-state index contributed by atoms with van der Waals surface area (Å²) in [6, 6.07) is 9.22. The van der Waals surface area contributed by atoms with Gasteiger partial charge in [0.25, 0.3) is 0 Å². The molecule has 0 spiro atoms. The fraction of sp³-hybridized carbons (Fsp3) is 0.125. The average molecular weight is 308 g/mol. The van der Waals surface area contributed by atoms with E-state index in [0.29, 0.717) is 17.3 Å². The van der Waals surface area contributed by atoms with Crippen molar-refractivity contribution >= 4 is 17.5 Å². The molecule has 2 N–H and O–H groups in total. The molecule has 1 aromatic carbocycles. The normalized spacial score (nSPS) is 10.3. The van der Waals surface area contributed by atoms with Gasteiger partial charge in [-0.15, -0.1) is 0 Å². The Morgan fingerprint density at radius 1 is 1.00 bits per heavy atom. The van der Waals surface area contributed by atoms with E-state index in [1.54, 1.807) is 30.2 Å². The number of amides is 2. The van der Waals surface area contributed by atoms with E-state index in [2.05, 4.69) is 25.7 Å². The first-order chi connectivity index (χ1) is 11.1. The number of aromatic nitrogens is 4. The number of carbonyl (C=O) groups is 1. The molecule has 0 aliphatic carbocycles. The molecule has 0 atom stereocenters. The molecule has 0 aliphatic heterocycles. The molecular weight excluding hydrogens is 292 g/mol. The maximum atomic E-state index is 12.2. The van der Waals surface area contributed by atoms with Crippen molar-refractivity contribution in [3.05, 3.63) is 60.3 Å². The third-order valence-electron chi connectivity index (χ3n) is 3.22. The summed E-state index contributed by atoms with van der Waals surface area (Å²) in [6.07, 6.45) is 4.82. The maximum Gasteiger partial charge on any atom is 0.324 e. The smallest absolute Gasteiger partial charge is 0.305 e. The van der Waals surface area contributed by atoms with E-state index in [0.717, 1.165) is 11.3 Å². The number of aryl methyl sites for hydroxylation is 2. The van der Waals surface area contributed by atoms with Crippen molar-refractivity contribution in [2.75, 3.05) is 10.6 Å². The van der Waals surface area contributed by atoms with Crippen LogP contribution in [0.1, 0.15) is 11.4 Å². The third-order valence-corrected chi connectivity index (χ3v) is 3.22. The predicted octanol–water partition coefficient (Wildman–Crippen LogP) is 2.92. The zero-order valence-electron chi connectivity index (χ0n) is 12.8. The van der Waals surface area contributed by atoms with E-state index < -0.39 is 0 Å². The van der Waals surface area contributed by atoms with Crippen molar-refractivity contribution in [3.8, 4) is 5.69 Å². The highest BCUT2D eigenvalue weighted by molar-refractivity contribution is 5.99. The second-order valence-corrected chi connectivity index (χ2v) is 5.02. The molecule has 0 fully saturated rings. The van der Waals surface area contributed by atoms with Crippen molar-refractivity contribution in [3.63, 3.8) is 0 Å². The van der Waals surface area contributed by atoms with Gasteiger partial charge in [0, 0.05) is 5.56 Å².